The van der Waals surface area contributed by atoms with Crippen molar-refractivity contribution < 1.29 is 18.7 Å². The van der Waals surface area contributed by atoms with Crippen LogP contribution >= 0.6 is 0 Å². The average Bonchev–Trinajstić information content (AvgIpc) is 2.32. The van der Waals surface area contributed by atoms with Gasteiger partial charge in [0.25, 0.3) is 0 Å². The summed E-state index contributed by atoms with van der Waals surface area (Å²) in [7, 11) is 0. The Morgan fingerprint density at radius 1 is 1.44 bits per heavy atom. The van der Waals surface area contributed by atoms with Gasteiger partial charge in [-0.1, -0.05) is 13.0 Å². The van der Waals surface area contributed by atoms with Gasteiger partial charge in [-0.15, -0.1) is 6.58 Å². The van der Waals surface area contributed by atoms with E-state index in [9.17, 15) is 13.6 Å². The van der Waals surface area contributed by atoms with Gasteiger partial charge < -0.3 is 10.0 Å². The van der Waals surface area contributed by atoms with Crippen LogP contribution in [0.2, 0.25) is 0 Å². The minimum Gasteiger partial charge on any atom is -0.478 e. The smallest absolute Gasteiger partial charge is 0.338 e. The second kappa shape index (κ2) is 6.14. The van der Waals surface area contributed by atoms with Gasteiger partial charge in [-0.2, -0.15) is 0 Å². The lowest BCUT2D eigenvalue weighted by Crippen LogP contribution is -2.25. The molecule has 1 aromatic rings. The number of nitrogens with zero attached hydrogens (tertiary/aromatic N) is 1. The molecule has 0 radical (unpaired) electrons. The summed E-state index contributed by atoms with van der Waals surface area (Å²) in [6, 6.07) is 2.35. The number of hydrogen-bond donors (Lipinski definition) is 1. The van der Waals surface area contributed by atoms with E-state index in [4.69, 9.17) is 5.11 Å². The second-order valence-corrected chi connectivity index (χ2v) is 3.80. The van der Waals surface area contributed by atoms with Gasteiger partial charge in [-0.25, -0.2) is 13.6 Å². The molecule has 5 heteroatoms. The van der Waals surface area contributed by atoms with E-state index >= 15 is 0 Å². The maximum absolute atomic E-state index is 13.8. The average molecular weight is 255 g/mol. The van der Waals surface area contributed by atoms with Crippen molar-refractivity contribution in [3.8, 4) is 0 Å². The van der Waals surface area contributed by atoms with Crippen LogP contribution in [0.4, 0.5) is 14.5 Å². The van der Waals surface area contributed by atoms with Gasteiger partial charge in [0.2, 0.25) is 0 Å². The standard InChI is InChI=1S/C13H15F2NO2/c1-3-7-16(8-4-2)10-6-5-9(13(17)18)11(14)12(10)15/h3,5-6H,1,4,7-8H2,2H3,(H,17,18). The lowest BCUT2D eigenvalue weighted by molar-refractivity contribution is 0.0690. The Kier molecular flexibility index (Phi) is 4.83. The number of anilines is 1. The van der Waals surface area contributed by atoms with E-state index in [-0.39, 0.29) is 5.69 Å². The molecule has 0 aliphatic rings. The van der Waals surface area contributed by atoms with Crippen LogP contribution in [0.5, 0.6) is 0 Å². The zero-order valence-electron chi connectivity index (χ0n) is 10.1. The Balaban J connectivity index is 3.20. The zero-order chi connectivity index (χ0) is 13.7. The Morgan fingerprint density at radius 2 is 2.11 bits per heavy atom. The molecule has 0 fully saturated rings. The second-order valence-electron chi connectivity index (χ2n) is 3.80. The van der Waals surface area contributed by atoms with Crippen molar-refractivity contribution in [2.24, 2.45) is 0 Å². The molecule has 18 heavy (non-hydrogen) atoms. The number of rotatable bonds is 6. The van der Waals surface area contributed by atoms with Crippen LogP contribution < -0.4 is 4.90 Å². The van der Waals surface area contributed by atoms with Crippen molar-refractivity contribution >= 4 is 11.7 Å². The van der Waals surface area contributed by atoms with Crippen molar-refractivity contribution in [2.75, 3.05) is 18.0 Å². The molecule has 3 nitrogen and oxygen atoms in total. The molecule has 0 aliphatic carbocycles. The summed E-state index contributed by atoms with van der Waals surface area (Å²) in [6.07, 6.45) is 2.34. The Morgan fingerprint density at radius 3 is 2.61 bits per heavy atom. The minimum absolute atomic E-state index is 0.0549. The summed E-state index contributed by atoms with van der Waals surface area (Å²) in [6.45, 7) is 6.37. The number of halogens is 2. The lowest BCUT2D eigenvalue weighted by Gasteiger charge is -2.23. The highest BCUT2D eigenvalue weighted by Crippen LogP contribution is 2.24. The monoisotopic (exact) mass is 255 g/mol. The van der Waals surface area contributed by atoms with Gasteiger partial charge in [-0.05, 0) is 18.6 Å². The Bertz CT molecular complexity index is 461. The van der Waals surface area contributed by atoms with Crippen LogP contribution in [-0.4, -0.2) is 24.2 Å². The fourth-order valence-corrected chi connectivity index (χ4v) is 1.68. The SMILES string of the molecule is C=CCN(CCC)c1ccc(C(=O)O)c(F)c1F. The quantitative estimate of drug-likeness (QED) is 0.794. The van der Waals surface area contributed by atoms with Crippen molar-refractivity contribution in [2.45, 2.75) is 13.3 Å². The lowest BCUT2D eigenvalue weighted by atomic mass is 10.1. The number of hydrogen-bond acceptors (Lipinski definition) is 2. The zero-order valence-corrected chi connectivity index (χ0v) is 10.1. The van der Waals surface area contributed by atoms with Crippen molar-refractivity contribution in [3.63, 3.8) is 0 Å². The molecule has 0 aromatic heterocycles. The highest BCUT2D eigenvalue weighted by molar-refractivity contribution is 5.88. The molecule has 0 bridgehead atoms. The maximum Gasteiger partial charge on any atom is 0.338 e. The Hall–Kier alpha value is -1.91. The van der Waals surface area contributed by atoms with E-state index in [0.29, 0.717) is 13.1 Å². The van der Waals surface area contributed by atoms with Crippen LogP contribution in [-0.2, 0) is 0 Å². The van der Waals surface area contributed by atoms with E-state index in [2.05, 4.69) is 6.58 Å². The van der Waals surface area contributed by atoms with Gasteiger partial charge in [0.15, 0.2) is 11.6 Å². The first-order valence-electron chi connectivity index (χ1n) is 5.60. The van der Waals surface area contributed by atoms with Crippen LogP contribution in [0.1, 0.15) is 23.7 Å². The summed E-state index contributed by atoms with van der Waals surface area (Å²) in [5.74, 6) is -3.95. The number of aromatic carboxylic acids is 1. The third-order valence-corrected chi connectivity index (χ3v) is 2.48. The van der Waals surface area contributed by atoms with Crippen LogP contribution in [0.25, 0.3) is 0 Å². The van der Waals surface area contributed by atoms with E-state index in [1.54, 1.807) is 11.0 Å². The van der Waals surface area contributed by atoms with Crippen molar-refractivity contribution in [1.29, 1.82) is 0 Å². The predicted octanol–water partition coefficient (Wildman–Crippen LogP) is 3.07. The van der Waals surface area contributed by atoms with Gasteiger partial charge in [0.05, 0.1) is 11.3 Å². The van der Waals surface area contributed by atoms with Crippen molar-refractivity contribution in [1.82, 2.24) is 0 Å². The maximum atomic E-state index is 13.8. The van der Waals surface area contributed by atoms with E-state index < -0.39 is 23.2 Å². The molecule has 1 rings (SSSR count). The third-order valence-electron chi connectivity index (χ3n) is 2.48. The minimum atomic E-state index is -1.48. The van der Waals surface area contributed by atoms with Crippen LogP contribution in [0.15, 0.2) is 24.8 Å². The van der Waals surface area contributed by atoms with Gasteiger partial charge >= 0.3 is 5.97 Å². The summed E-state index contributed by atoms with van der Waals surface area (Å²) in [4.78, 5) is 12.3. The summed E-state index contributed by atoms with van der Waals surface area (Å²) in [5.41, 5.74) is -0.606. The molecule has 1 aromatic carbocycles. The normalized spacial score (nSPS) is 10.2. The molecular weight excluding hydrogens is 240 g/mol. The largest absolute Gasteiger partial charge is 0.478 e. The molecular formula is C13H15F2NO2. The van der Waals surface area contributed by atoms with Crippen LogP contribution in [0.3, 0.4) is 0 Å². The molecule has 0 heterocycles. The molecule has 0 amide bonds. The number of benzene rings is 1. The number of carboxylic acids is 1. The molecule has 0 unspecified atom stereocenters. The molecule has 0 saturated heterocycles. The van der Waals surface area contributed by atoms with Crippen molar-refractivity contribution in [3.05, 3.63) is 42.0 Å². The van der Waals surface area contributed by atoms with Gasteiger partial charge in [0.1, 0.15) is 0 Å². The summed E-state index contributed by atoms with van der Waals surface area (Å²) < 4.78 is 27.4. The first-order valence-corrected chi connectivity index (χ1v) is 5.60. The first-order chi connectivity index (χ1) is 8.52. The molecule has 0 saturated carbocycles. The number of carbonyl (C=O) groups is 1. The first kappa shape index (κ1) is 14.2. The fourth-order valence-electron chi connectivity index (χ4n) is 1.68. The highest BCUT2D eigenvalue weighted by Gasteiger charge is 2.20. The van der Waals surface area contributed by atoms with E-state index in [1.807, 2.05) is 6.92 Å². The van der Waals surface area contributed by atoms with E-state index in [1.165, 1.54) is 6.07 Å². The van der Waals surface area contributed by atoms with Gasteiger partial charge in [0, 0.05) is 13.1 Å². The fraction of sp³-hybridized carbons (Fsp3) is 0.308. The predicted molar refractivity (Wildman–Crippen MR) is 66.0 cm³/mol. The topological polar surface area (TPSA) is 40.5 Å². The summed E-state index contributed by atoms with van der Waals surface area (Å²) >= 11 is 0. The van der Waals surface area contributed by atoms with Crippen LogP contribution in [0, 0.1) is 11.6 Å². The number of carboxylic acid groups (broad SMARTS) is 1. The highest BCUT2D eigenvalue weighted by atomic mass is 19.2. The van der Waals surface area contributed by atoms with E-state index in [0.717, 1.165) is 12.5 Å². The molecule has 0 aliphatic heterocycles. The molecule has 0 spiro atoms. The van der Waals surface area contributed by atoms with Gasteiger partial charge in [-0.3, -0.25) is 0 Å². The molecule has 0 atom stereocenters. The third kappa shape index (κ3) is 2.85. The Labute approximate surface area is 104 Å². The molecule has 1 N–H and O–H groups in total. The summed E-state index contributed by atoms with van der Waals surface area (Å²) in [5, 5.41) is 8.69. The molecule has 98 valence electrons.